The third-order valence-corrected chi connectivity index (χ3v) is 8.39. The zero-order chi connectivity index (χ0) is 21.8. The number of nitrogens with two attached hydrogens (primary N) is 2. The highest BCUT2D eigenvalue weighted by Crippen LogP contribution is 2.43. The molecule has 164 valence electrons. The molecule has 1 unspecified atom stereocenters. The molecule has 2 atom stereocenters. The second-order valence-corrected chi connectivity index (χ2v) is 9.88. The van der Waals surface area contributed by atoms with Gasteiger partial charge in [-0.05, 0) is 32.8 Å². The number of anilines is 2. The minimum Gasteiger partial charge on any atom is -0.382 e. The van der Waals surface area contributed by atoms with E-state index in [-0.39, 0.29) is 17.6 Å². The predicted octanol–water partition coefficient (Wildman–Crippen LogP) is 3.15. The lowest BCUT2D eigenvalue weighted by Gasteiger charge is -2.41. The maximum atomic E-state index is 6.48. The second kappa shape index (κ2) is 7.81. The van der Waals surface area contributed by atoms with Crippen molar-refractivity contribution in [1.82, 2.24) is 19.4 Å². The smallest absolute Gasteiger partial charge is 0.211 e. The molecule has 2 aliphatic heterocycles. The quantitative estimate of drug-likeness (QED) is 0.615. The number of halogens is 1. The van der Waals surface area contributed by atoms with Gasteiger partial charge in [-0.3, -0.25) is 4.40 Å². The number of imidazole rings is 1. The van der Waals surface area contributed by atoms with Crippen molar-refractivity contribution < 1.29 is 4.74 Å². The molecule has 0 aliphatic carbocycles. The number of ether oxygens (including phenoxy) is 1. The van der Waals surface area contributed by atoms with Crippen LogP contribution in [0, 0.1) is 12.3 Å². The number of hydrogen-bond donors (Lipinski definition) is 2. The molecule has 2 fully saturated rings. The minimum absolute atomic E-state index is 0.0762. The van der Waals surface area contributed by atoms with Crippen LogP contribution < -0.4 is 16.4 Å². The Balaban J connectivity index is 1.45. The molecule has 5 rings (SSSR count). The highest BCUT2D eigenvalue weighted by atomic mass is 35.5. The van der Waals surface area contributed by atoms with Crippen molar-refractivity contribution in [3.05, 3.63) is 35.4 Å². The third-order valence-electron chi connectivity index (χ3n) is 6.64. The van der Waals surface area contributed by atoms with Crippen molar-refractivity contribution in [2.75, 3.05) is 30.3 Å². The Hall–Kier alpha value is -2.07. The molecular weight excluding hydrogens is 434 g/mol. The number of rotatable bonds is 3. The van der Waals surface area contributed by atoms with Crippen LogP contribution in [-0.2, 0) is 4.74 Å². The van der Waals surface area contributed by atoms with Crippen molar-refractivity contribution >= 4 is 40.8 Å². The average molecular weight is 460 g/mol. The first-order valence-electron chi connectivity index (χ1n) is 10.4. The van der Waals surface area contributed by atoms with Gasteiger partial charge in [0.25, 0.3) is 0 Å². The molecule has 1 spiro atoms. The molecule has 0 saturated carbocycles. The molecule has 3 aromatic heterocycles. The zero-order valence-electron chi connectivity index (χ0n) is 17.6. The van der Waals surface area contributed by atoms with E-state index in [0.717, 1.165) is 59.6 Å². The van der Waals surface area contributed by atoms with E-state index in [4.69, 9.17) is 32.8 Å². The van der Waals surface area contributed by atoms with Crippen molar-refractivity contribution in [3.63, 3.8) is 0 Å². The molecule has 0 bridgehead atoms. The Morgan fingerprint density at radius 3 is 2.74 bits per heavy atom. The second-order valence-electron chi connectivity index (χ2n) is 8.45. The molecule has 3 aromatic rings. The number of nitrogen functional groups attached to an aromatic ring is 1. The molecule has 2 saturated heterocycles. The van der Waals surface area contributed by atoms with Gasteiger partial charge >= 0.3 is 0 Å². The fourth-order valence-corrected chi connectivity index (χ4v) is 5.85. The number of nitrogens with zero attached hydrogens (tertiary/aromatic N) is 5. The molecule has 5 heterocycles. The summed E-state index contributed by atoms with van der Waals surface area (Å²) < 4.78 is 7.92. The van der Waals surface area contributed by atoms with E-state index >= 15 is 0 Å². The summed E-state index contributed by atoms with van der Waals surface area (Å²) in [6, 6.07) is 1.95. The molecule has 4 N–H and O–H groups in total. The summed E-state index contributed by atoms with van der Waals surface area (Å²) in [7, 11) is 0. The molecule has 2 aliphatic rings. The largest absolute Gasteiger partial charge is 0.382 e. The van der Waals surface area contributed by atoms with Crippen LogP contribution in [-0.4, -0.2) is 51.2 Å². The Kier molecular flexibility index (Phi) is 5.24. The number of pyridine rings is 1. The number of piperidine rings is 1. The van der Waals surface area contributed by atoms with Gasteiger partial charge in [0, 0.05) is 48.0 Å². The van der Waals surface area contributed by atoms with Crippen LogP contribution in [0.25, 0.3) is 5.65 Å². The highest BCUT2D eigenvalue weighted by Gasteiger charge is 2.47. The van der Waals surface area contributed by atoms with Crippen molar-refractivity contribution in [1.29, 1.82) is 0 Å². The SMILES string of the molecule is Cc1nc(N2CCC3(CC2)COC(C)[C@H]3N)n2ccnc2c1Sc1ccnc(N)c1Cl. The van der Waals surface area contributed by atoms with Gasteiger partial charge in [-0.15, -0.1) is 0 Å². The summed E-state index contributed by atoms with van der Waals surface area (Å²) in [5.41, 5.74) is 14.2. The third kappa shape index (κ3) is 3.44. The van der Waals surface area contributed by atoms with E-state index < -0.39 is 0 Å². The van der Waals surface area contributed by atoms with Gasteiger partial charge in [0.1, 0.15) is 5.82 Å². The van der Waals surface area contributed by atoms with Crippen LogP contribution in [0.5, 0.6) is 0 Å². The van der Waals surface area contributed by atoms with Crippen LogP contribution in [0.1, 0.15) is 25.5 Å². The number of aryl methyl sites for hydroxylation is 1. The first-order valence-corrected chi connectivity index (χ1v) is 11.6. The van der Waals surface area contributed by atoms with Gasteiger partial charge in [-0.2, -0.15) is 0 Å². The lowest BCUT2D eigenvalue weighted by atomic mass is 9.73. The van der Waals surface area contributed by atoms with E-state index in [1.807, 2.05) is 19.2 Å². The molecule has 31 heavy (non-hydrogen) atoms. The van der Waals surface area contributed by atoms with Crippen molar-refractivity contribution in [2.24, 2.45) is 11.1 Å². The molecule has 0 radical (unpaired) electrons. The number of aromatic nitrogens is 4. The Morgan fingerprint density at radius 1 is 1.26 bits per heavy atom. The monoisotopic (exact) mass is 459 g/mol. The maximum absolute atomic E-state index is 6.48. The summed E-state index contributed by atoms with van der Waals surface area (Å²) in [5.74, 6) is 1.23. The van der Waals surface area contributed by atoms with Crippen molar-refractivity contribution in [3.8, 4) is 0 Å². The van der Waals surface area contributed by atoms with Gasteiger partial charge in [0.05, 0.1) is 28.3 Å². The topological polar surface area (TPSA) is 108 Å². The van der Waals surface area contributed by atoms with Crippen LogP contribution in [0.2, 0.25) is 5.02 Å². The summed E-state index contributed by atoms with van der Waals surface area (Å²) in [5, 5.41) is 0.450. The van der Waals surface area contributed by atoms with Gasteiger partial charge in [0.2, 0.25) is 5.95 Å². The highest BCUT2D eigenvalue weighted by molar-refractivity contribution is 7.99. The van der Waals surface area contributed by atoms with Crippen LogP contribution in [0.4, 0.5) is 11.8 Å². The summed E-state index contributed by atoms with van der Waals surface area (Å²) >= 11 is 7.88. The van der Waals surface area contributed by atoms with E-state index in [9.17, 15) is 0 Å². The molecular formula is C21H26ClN7OS. The first-order chi connectivity index (χ1) is 14.9. The maximum Gasteiger partial charge on any atom is 0.211 e. The first kappa shape index (κ1) is 20.8. The lowest BCUT2D eigenvalue weighted by Crippen LogP contribution is -2.51. The van der Waals surface area contributed by atoms with Gasteiger partial charge in [0.15, 0.2) is 5.65 Å². The van der Waals surface area contributed by atoms with Crippen LogP contribution in [0.3, 0.4) is 0 Å². The summed E-state index contributed by atoms with van der Waals surface area (Å²) in [6.45, 7) is 6.62. The van der Waals surface area contributed by atoms with E-state index in [1.165, 1.54) is 11.8 Å². The summed E-state index contributed by atoms with van der Waals surface area (Å²) in [6.07, 6.45) is 7.54. The van der Waals surface area contributed by atoms with Crippen LogP contribution >= 0.6 is 23.4 Å². The fraction of sp³-hybridized carbons (Fsp3) is 0.476. The molecule has 0 amide bonds. The Bertz CT molecular complexity index is 1130. The van der Waals surface area contributed by atoms with Gasteiger partial charge in [-0.1, -0.05) is 23.4 Å². The standard InChI is InChI=1S/C21H26ClN7OS/c1-12-16(31-14-3-6-25-18(24)15(14)22)19-26-7-10-29(19)20(27-12)28-8-4-21(5-9-28)11-30-13(2)17(21)23/h3,6-7,10,13,17H,4-5,8-9,11,23H2,1-2H3,(H2,24,25)/t13?,17-/m1/s1. The predicted molar refractivity (Wildman–Crippen MR) is 123 cm³/mol. The molecule has 0 aromatic carbocycles. The Morgan fingerprint density at radius 2 is 2.03 bits per heavy atom. The molecule has 8 nitrogen and oxygen atoms in total. The van der Waals surface area contributed by atoms with Crippen LogP contribution in [0.15, 0.2) is 34.4 Å². The lowest BCUT2D eigenvalue weighted by molar-refractivity contribution is 0.0973. The van der Waals surface area contributed by atoms with E-state index in [1.54, 1.807) is 12.4 Å². The number of fused-ring (bicyclic) bond motifs is 1. The van der Waals surface area contributed by atoms with E-state index in [0.29, 0.717) is 10.8 Å². The number of hydrogen-bond acceptors (Lipinski definition) is 8. The van der Waals surface area contributed by atoms with Gasteiger partial charge < -0.3 is 21.1 Å². The average Bonchev–Trinajstić information content (AvgIpc) is 3.35. The van der Waals surface area contributed by atoms with Crippen molar-refractivity contribution in [2.45, 2.75) is 48.6 Å². The zero-order valence-corrected chi connectivity index (χ0v) is 19.2. The Labute approximate surface area is 190 Å². The minimum atomic E-state index is 0.0762. The van der Waals surface area contributed by atoms with E-state index in [2.05, 4.69) is 26.2 Å². The normalized spacial score (nSPS) is 23.2. The summed E-state index contributed by atoms with van der Waals surface area (Å²) in [4.78, 5) is 17.8. The van der Waals surface area contributed by atoms with Gasteiger partial charge in [-0.25, -0.2) is 15.0 Å². The fourth-order valence-electron chi connectivity index (χ4n) is 4.65. The molecule has 10 heteroatoms.